The molecule has 0 bridgehead atoms. The second kappa shape index (κ2) is 8.20. The van der Waals surface area contributed by atoms with Crippen LogP contribution in [0.25, 0.3) is 0 Å². The molecule has 2 rings (SSSR count). The van der Waals surface area contributed by atoms with E-state index in [2.05, 4.69) is 5.32 Å². The summed E-state index contributed by atoms with van der Waals surface area (Å²) in [5, 5.41) is 2.53. The Morgan fingerprint density at radius 3 is 2.50 bits per heavy atom. The van der Waals surface area contributed by atoms with Gasteiger partial charge in [-0.3, -0.25) is 4.18 Å². The van der Waals surface area contributed by atoms with Gasteiger partial charge in [-0.25, -0.2) is 4.79 Å². The Balaban J connectivity index is 2.08. The van der Waals surface area contributed by atoms with E-state index >= 15 is 0 Å². The average molecular weight is 383 g/mol. The lowest BCUT2D eigenvalue weighted by Gasteiger charge is -2.24. The van der Waals surface area contributed by atoms with Crippen LogP contribution in [0.15, 0.2) is 41.3 Å². The van der Waals surface area contributed by atoms with Crippen molar-refractivity contribution in [1.29, 1.82) is 0 Å². The number of ether oxygens (including phenoxy) is 2. The van der Waals surface area contributed by atoms with Crippen molar-refractivity contribution in [2.75, 3.05) is 13.2 Å². The second-order valence-electron chi connectivity index (χ2n) is 7.01. The first-order chi connectivity index (χ1) is 12.1. The van der Waals surface area contributed by atoms with Crippen molar-refractivity contribution < 1.29 is 26.9 Å². The third-order valence-corrected chi connectivity index (χ3v) is 4.83. The Bertz CT molecular complexity index is 749. The molecule has 0 aliphatic carbocycles. The minimum absolute atomic E-state index is 0.0485. The van der Waals surface area contributed by atoms with E-state index in [0.29, 0.717) is 6.61 Å². The van der Waals surface area contributed by atoms with Gasteiger partial charge in [0.15, 0.2) is 0 Å². The van der Waals surface area contributed by atoms with Gasteiger partial charge in [0, 0.05) is 0 Å². The molecule has 144 valence electrons. The maximum atomic E-state index is 12.5. The molecule has 0 unspecified atom stereocenters. The predicted molar refractivity (Wildman–Crippen MR) is 96.4 cm³/mol. The lowest BCUT2D eigenvalue weighted by molar-refractivity contribution is 0.0235. The van der Waals surface area contributed by atoms with Crippen molar-refractivity contribution in [2.24, 2.45) is 0 Å². The number of aryl methyl sites for hydroxylation is 1. The molecule has 0 saturated carbocycles. The van der Waals surface area contributed by atoms with Gasteiger partial charge in [0.1, 0.15) is 17.8 Å². The molecule has 2 atom stereocenters. The predicted octanol–water partition coefficient (Wildman–Crippen LogP) is 2.55. The lowest BCUT2D eigenvalue weighted by atomic mass is 10.2. The highest BCUT2D eigenvalue weighted by Gasteiger charge is 2.30. The molecule has 0 spiro atoms. The number of rotatable bonds is 6. The second-order valence-corrected chi connectivity index (χ2v) is 8.58. The van der Waals surface area contributed by atoms with E-state index in [9.17, 15) is 13.2 Å². The zero-order valence-electron chi connectivity index (χ0n) is 15.4. The topological polar surface area (TPSA) is 90.9 Å². The van der Waals surface area contributed by atoms with E-state index in [4.69, 9.17) is 13.7 Å². The van der Waals surface area contributed by atoms with Crippen LogP contribution in [0, 0.1) is 6.92 Å². The number of carbonyl (C=O) groups is 1. The van der Waals surface area contributed by atoms with Crippen LogP contribution in [0.5, 0.6) is 0 Å². The summed E-state index contributed by atoms with van der Waals surface area (Å²) < 4.78 is 41.1. The maximum Gasteiger partial charge on any atom is 0.407 e. The van der Waals surface area contributed by atoms with Crippen molar-refractivity contribution in [1.82, 2.24) is 5.32 Å². The van der Waals surface area contributed by atoms with Gasteiger partial charge in [-0.15, -0.1) is 0 Å². The fourth-order valence-corrected chi connectivity index (χ4v) is 3.35. The van der Waals surface area contributed by atoms with Gasteiger partial charge >= 0.3 is 6.09 Å². The summed E-state index contributed by atoms with van der Waals surface area (Å²) in [6, 6.07) is 6.34. The summed E-state index contributed by atoms with van der Waals surface area (Å²) in [4.78, 5) is 11.9. The number of nitrogens with one attached hydrogen (secondary N) is 1. The van der Waals surface area contributed by atoms with Gasteiger partial charge in [-0.2, -0.15) is 8.42 Å². The summed E-state index contributed by atoms with van der Waals surface area (Å²) in [5.74, 6) is 0. The monoisotopic (exact) mass is 383 g/mol. The van der Waals surface area contributed by atoms with Crippen LogP contribution in [0.2, 0.25) is 0 Å². The van der Waals surface area contributed by atoms with E-state index in [1.807, 2.05) is 6.92 Å². The molecule has 1 aromatic rings. The summed E-state index contributed by atoms with van der Waals surface area (Å²) >= 11 is 0. The fourth-order valence-electron chi connectivity index (χ4n) is 2.27. The quantitative estimate of drug-likeness (QED) is 0.600. The number of alkyl carbamates (subject to hydrolysis) is 1. The SMILES string of the molecule is Cc1ccc(S(=O)(=O)O[C@H](CNC(=O)OC(C)(C)C)[C@@H]2C=CCO2)cc1. The van der Waals surface area contributed by atoms with Crippen LogP contribution in [-0.4, -0.2) is 45.5 Å². The molecule has 0 saturated heterocycles. The number of amides is 1. The Labute approximate surface area is 154 Å². The van der Waals surface area contributed by atoms with E-state index in [0.717, 1.165) is 5.56 Å². The smallest absolute Gasteiger partial charge is 0.407 e. The fraction of sp³-hybridized carbons (Fsp3) is 0.500. The molecule has 0 fully saturated rings. The van der Waals surface area contributed by atoms with Crippen LogP contribution >= 0.6 is 0 Å². The molecular formula is C18H25NO6S. The third-order valence-electron chi connectivity index (χ3n) is 3.48. The molecule has 8 heteroatoms. The zero-order chi connectivity index (χ0) is 19.4. The average Bonchev–Trinajstić information content (AvgIpc) is 3.04. The van der Waals surface area contributed by atoms with Gasteiger partial charge in [0.25, 0.3) is 10.1 Å². The minimum atomic E-state index is -4.00. The van der Waals surface area contributed by atoms with Crippen LogP contribution < -0.4 is 5.32 Å². The number of benzene rings is 1. The van der Waals surface area contributed by atoms with Crippen molar-refractivity contribution in [3.8, 4) is 0 Å². The molecular weight excluding hydrogens is 358 g/mol. The Hall–Kier alpha value is -1.90. The first kappa shape index (κ1) is 20.4. The van der Waals surface area contributed by atoms with Crippen LogP contribution in [0.3, 0.4) is 0 Å². The van der Waals surface area contributed by atoms with Gasteiger partial charge in [-0.05, 0) is 39.8 Å². The highest BCUT2D eigenvalue weighted by atomic mass is 32.2. The number of hydrogen-bond acceptors (Lipinski definition) is 6. The van der Waals surface area contributed by atoms with Gasteiger partial charge in [0.05, 0.1) is 18.0 Å². The lowest BCUT2D eigenvalue weighted by Crippen LogP contribution is -2.43. The first-order valence-electron chi connectivity index (χ1n) is 8.32. The molecule has 7 nitrogen and oxygen atoms in total. The largest absolute Gasteiger partial charge is 0.444 e. The van der Waals surface area contributed by atoms with Crippen LogP contribution in [-0.2, 0) is 23.8 Å². The highest BCUT2D eigenvalue weighted by Crippen LogP contribution is 2.19. The molecule has 0 aromatic heterocycles. The van der Waals surface area contributed by atoms with E-state index in [1.54, 1.807) is 45.1 Å². The molecule has 26 heavy (non-hydrogen) atoms. The van der Waals surface area contributed by atoms with E-state index in [-0.39, 0.29) is 11.4 Å². The Morgan fingerprint density at radius 2 is 1.96 bits per heavy atom. The molecule has 1 amide bonds. The van der Waals surface area contributed by atoms with Gasteiger partial charge < -0.3 is 14.8 Å². The van der Waals surface area contributed by atoms with E-state index < -0.39 is 34.0 Å². The van der Waals surface area contributed by atoms with Crippen molar-refractivity contribution >= 4 is 16.2 Å². The molecule has 1 N–H and O–H groups in total. The summed E-state index contributed by atoms with van der Waals surface area (Å²) in [5.41, 5.74) is 0.284. The third kappa shape index (κ3) is 6.12. The van der Waals surface area contributed by atoms with Crippen molar-refractivity contribution in [3.05, 3.63) is 42.0 Å². The molecule has 0 radical (unpaired) electrons. The summed E-state index contributed by atoms with van der Waals surface area (Å²) in [6.07, 6.45) is 1.34. The highest BCUT2D eigenvalue weighted by molar-refractivity contribution is 7.86. The van der Waals surface area contributed by atoms with E-state index in [1.165, 1.54) is 12.1 Å². The molecule has 1 aliphatic heterocycles. The van der Waals surface area contributed by atoms with Gasteiger partial charge in [0.2, 0.25) is 0 Å². The minimum Gasteiger partial charge on any atom is -0.444 e. The Kier molecular flexibility index (Phi) is 6.44. The van der Waals surface area contributed by atoms with Crippen LogP contribution in [0.4, 0.5) is 4.79 Å². The number of hydrogen-bond donors (Lipinski definition) is 1. The summed E-state index contributed by atoms with van der Waals surface area (Å²) in [6.45, 7) is 7.38. The maximum absolute atomic E-state index is 12.5. The zero-order valence-corrected chi connectivity index (χ0v) is 16.2. The summed E-state index contributed by atoms with van der Waals surface area (Å²) in [7, 11) is -4.00. The molecule has 1 aromatic carbocycles. The molecule has 1 aliphatic rings. The number of carbonyl (C=O) groups excluding carboxylic acids is 1. The standard InChI is InChI=1S/C18H25NO6S/c1-13-7-9-14(10-8-13)26(21,22)25-16(15-6-5-11-23-15)12-19-17(20)24-18(2,3)4/h5-10,15-16H,11-12H2,1-4H3,(H,19,20)/t15-,16+/m0/s1. The van der Waals surface area contributed by atoms with Gasteiger partial charge in [-0.1, -0.05) is 29.8 Å². The van der Waals surface area contributed by atoms with Crippen LogP contribution in [0.1, 0.15) is 26.3 Å². The first-order valence-corrected chi connectivity index (χ1v) is 9.73. The Morgan fingerprint density at radius 1 is 1.31 bits per heavy atom. The van der Waals surface area contributed by atoms with Crippen molar-refractivity contribution in [2.45, 2.75) is 50.4 Å². The normalized spacial score (nSPS) is 18.5. The van der Waals surface area contributed by atoms with Crippen molar-refractivity contribution in [3.63, 3.8) is 0 Å². The molecule has 1 heterocycles.